The van der Waals surface area contributed by atoms with Gasteiger partial charge in [0.25, 0.3) is 5.91 Å². The Morgan fingerprint density at radius 3 is 3.08 bits per heavy atom. The van der Waals surface area contributed by atoms with Crippen LogP contribution in [0, 0.1) is 6.92 Å². The van der Waals surface area contributed by atoms with Crippen LogP contribution in [-0.2, 0) is 0 Å². The average Bonchev–Trinajstić information content (AvgIpc) is 2.43. The van der Waals surface area contributed by atoms with Gasteiger partial charge in [-0.15, -0.1) is 0 Å². The van der Waals surface area contributed by atoms with Crippen molar-refractivity contribution in [3.63, 3.8) is 0 Å². The third kappa shape index (κ3) is 1.14. The molecule has 2 rings (SSSR count). The average molecular weight is 176 g/mol. The van der Waals surface area contributed by atoms with Crippen molar-refractivity contribution in [3.05, 3.63) is 29.7 Å². The molecule has 2 aromatic heterocycles. The topological polar surface area (TPSA) is 73.3 Å². The Bertz CT molecular complexity index is 474. The number of fused-ring (bicyclic) bond motifs is 1. The number of amides is 1. The molecule has 1 amide bonds. The van der Waals surface area contributed by atoms with Crippen LogP contribution in [0.2, 0.25) is 0 Å². The van der Waals surface area contributed by atoms with E-state index in [4.69, 9.17) is 5.73 Å². The number of nitrogens with zero attached hydrogens (tertiary/aromatic N) is 3. The fourth-order valence-electron chi connectivity index (χ4n) is 1.20. The van der Waals surface area contributed by atoms with Gasteiger partial charge in [-0.1, -0.05) is 0 Å². The number of rotatable bonds is 1. The predicted octanol–water partition coefficient (Wildman–Crippen LogP) is 0.137. The number of nitrogens with two attached hydrogens (primary N) is 1. The van der Waals surface area contributed by atoms with E-state index < -0.39 is 5.91 Å². The van der Waals surface area contributed by atoms with Crippen molar-refractivity contribution in [3.8, 4) is 0 Å². The monoisotopic (exact) mass is 176 g/mol. The van der Waals surface area contributed by atoms with Crippen LogP contribution in [0.1, 0.15) is 16.1 Å². The second kappa shape index (κ2) is 2.55. The summed E-state index contributed by atoms with van der Waals surface area (Å²) in [4.78, 5) is 15.1. The van der Waals surface area contributed by atoms with Crippen molar-refractivity contribution < 1.29 is 4.79 Å². The first-order valence-electron chi connectivity index (χ1n) is 3.79. The molecule has 0 aliphatic carbocycles. The van der Waals surface area contributed by atoms with Crippen LogP contribution >= 0.6 is 0 Å². The molecule has 0 spiro atoms. The van der Waals surface area contributed by atoms with Gasteiger partial charge in [0.15, 0.2) is 5.65 Å². The summed E-state index contributed by atoms with van der Waals surface area (Å²) in [5, 5.41) is 3.99. The van der Waals surface area contributed by atoms with Gasteiger partial charge in [-0.3, -0.25) is 4.79 Å². The highest BCUT2D eigenvalue weighted by molar-refractivity contribution is 5.98. The maximum atomic E-state index is 11.0. The molecule has 0 radical (unpaired) electrons. The van der Waals surface area contributed by atoms with Crippen LogP contribution in [0.4, 0.5) is 0 Å². The molecule has 0 aromatic carbocycles. The molecule has 13 heavy (non-hydrogen) atoms. The van der Waals surface area contributed by atoms with Gasteiger partial charge in [0.05, 0.1) is 17.5 Å². The molecule has 5 heteroatoms. The SMILES string of the molecule is Cc1cn2nccc(C(N)=O)c2n1. The van der Waals surface area contributed by atoms with E-state index in [0.29, 0.717) is 11.2 Å². The van der Waals surface area contributed by atoms with Gasteiger partial charge < -0.3 is 5.73 Å². The molecule has 0 unspecified atom stereocenters. The lowest BCUT2D eigenvalue weighted by molar-refractivity contribution is 0.100. The zero-order valence-electron chi connectivity index (χ0n) is 7.06. The van der Waals surface area contributed by atoms with Gasteiger partial charge in [0, 0.05) is 6.20 Å². The molecule has 0 bridgehead atoms. The number of carbonyl (C=O) groups is 1. The van der Waals surface area contributed by atoms with E-state index >= 15 is 0 Å². The highest BCUT2D eigenvalue weighted by atomic mass is 16.1. The number of aryl methyl sites for hydroxylation is 1. The minimum absolute atomic E-state index is 0.392. The molecule has 2 aromatic rings. The highest BCUT2D eigenvalue weighted by Crippen LogP contribution is 2.07. The fourth-order valence-corrected chi connectivity index (χ4v) is 1.20. The lowest BCUT2D eigenvalue weighted by Crippen LogP contribution is -2.13. The van der Waals surface area contributed by atoms with Gasteiger partial charge in [0.2, 0.25) is 0 Å². The van der Waals surface area contributed by atoms with Crippen LogP contribution in [0.25, 0.3) is 5.65 Å². The highest BCUT2D eigenvalue weighted by Gasteiger charge is 2.08. The van der Waals surface area contributed by atoms with Crippen LogP contribution in [0.5, 0.6) is 0 Å². The minimum Gasteiger partial charge on any atom is -0.365 e. The second-order valence-electron chi connectivity index (χ2n) is 2.76. The molecule has 0 aliphatic rings. The summed E-state index contributed by atoms with van der Waals surface area (Å²) < 4.78 is 1.54. The fraction of sp³-hybridized carbons (Fsp3) is 0.125. The smallest absolute Gasteiger partial charge is 0.252 e. The molecule has 0 saturated heterocycles. The first-order chi connectivity index (χ1) is 6.18. The first kappa shape index (κ1) is 7.72. The van der Waals surface area contributed by atoms with Gasteiger partial charge in [-0.2, -0.15) is 5.10 Å². The number of imidazole rings is 1. The standard InChI is InChI=1S/C8H8N4O/c1-5-4-12-8(11-5)6(7(9)13)2-3-10-12/h2-4H,1H3,(H2,9,13). The van der Waals surface area contributed by atoms with Crippen molar-refractivity contribution in [2.75, 3.05) is 0 Å². The van der Waals surface area contributed by atoms with Crippen LogP contribution in [0.15, 0.2) is 18.5 Å². The van der Waals surface area contributed by atoms with E-state index in [1.807, 2.05) is 6.92 Å². The Kier molecular flexibility index (Phi) is 1.51. The van der Waals surface area contributed by atoms with Crippen LogP contribution < -0.4 is 5.73 Å². The summed E-state index contributed by atoms with van der Waals surface area (Å²) in [5.74, 6) is -0.488. The quantitative estimate of drug-likeness (QED) is 0.671. The first-order valence-corrected chi connectivity index (χ1v) is 3.79. The molecule has 2 heterocycles. The Balaban J connectivity index is 2.82. The molecule has 0 saturated carbocycles. The number of aromatic nitrogens is 3. The summed E-state index contributed by atoms with van der Waals surface area (Å²) in [6.45, 7) is 1.83. The second-order valence-corrected chi connectivity index (χ2v) is 2.76. The van der Waals surface area contributed by atoms with Gasteiger partial charge in [-0.05, 0) is 13.0 Å². The van der Waals surface area contributed by atoms with Crippen molar-refractivity contribution in [1.29, 1.82) is 0 Å². The van der Waals surface area contributed by atoms with E-state index in [0.717, 1.165) is 5.69 Å². The van der Waals surface area contributed by atoms with Gasteiger partial charge in [0.1, 0.15) is 0 Å². The molecule has 0 fully saturated rings. The molecule has 5 nitrogen and oxygen atoms in total. The molecular weight excluding hydrogens is 168 g/mol. The Morgan fingerprint density at radius 2 is 2.38 bits per heavy atom. The lowest BCUT2D eigenvalue weighted by atomic mass is 10.3. The van der Waals surface area contributed by atoms with E-state index in [-0.39, 0.29) is 0 Å². The maximum absolute atomic E-state index is 11.0. The van der Waals surface area contributed by atoms with E-state index in [2.05, 4.69) is 10.1 Å². The summed E-state index contributed by atoms with van der Waals surface area (Å²) in [6, 6.07) is 1.56. The Morgan fingerprint density at radius 1 is 1.62 bits per heavy atom. The van der Waals surface area contributed by atoms with E-state index in [1.54, 1.807) is 12.3 Å². The van der Waals surface area contributed by atoms with E-state index in [9.17, 15) is 4.79 Å². The van der Waals surface area contributed by atoms with Gasteiger partial charge >= 0.3 is 0 Å². The minimum atomic E-state index is -0.488. The van der Waals surface area contributed by atoms with Crippen molar-refractivity contribution in [1.82, 2.24) is 14.6 Å². The number of hydrogen-bond donors (Lipinski definition) is 1. The number of primary amides is 1. The summed E-state index contributed by atoms with van der Waals surface area (Å²) in [6.07, 6.45) is 3.26. The van der Waals surface area contributed by atoms with E-state index in [1.165, 1.54) is 10.7 Å². The molecule has 0 atom stereocenters. The molecule has 66 valence electrons. The van der Waals surface area contributed by atoms with Crippen LogP contribution in [-0.4, -0.2) is 20.5 Å². The third-order valence-corrected chi connectivity index (χ3v) is 1.75. The lowest BCUT2D eigenvalue weighted by Gasteiger charge is -1.96. The summed E-state index contributed by atoms with van der Waals surface area (Å²) in [7, 11) is 0. The van der Waals surface area contributed by atoms with Gasteiger partial charge in [-0.25, -0.2) is 9.50 Å². The molecule has 2 N–H and O–H groups in total. The van der Waals surface area contributed by atoms with Crippen molar-refractivity contribution in [2.45, 2.75) is 6.92 Å². The summed E-state index contributed by atoms with van der Waals surface area (Å²) >= 11 is 0. The zero-order valence-corrected chi connectivity index (χ0v) is 7.06. The largest absolute Gasteiger partial charge is 0.365 e. The Labute approximate surface area is 74.2 Å². The third-order valence-electron chi connectivity index (χ3n) is 1.75. The zero-order chi connectivity index (χ0) is 9.42. The maximum Gasteiger partial charge on any atom is 0.252 e. The number of carbonyl (C=O) groups excluding carboxylic acids is 1. The van der Waals surface area contributed by atoms with Crippen LogP contribution in [0.3, 0.4) is 0 Å². The predicted molar refractivity (Wildman–Crippen MR) is 46.2 cm³/mol. The Hall–Kier alpha value is -1.91. The molecule has 0 aliphatic heterocycles. The number of hydrogen-bond acceptors (Lipinski definition) is 3. The normalized spacial score (nSPS) is 10.5. The van der Waals surface area contributed by atoms with Crippen molar-refractivity contribution in [2.24, 2.45) is 5.73 Å². The summed E-state index contributed by atoms with van der Waals surface area (Å²) in [5.41, 5.74) is 6.87. The molecular formula is C8H8N4O. The van der Waals surface area contributed by atoms with Crippen molar-refractivity contribution >= 4 is 11.6 Å².